The minimum Gasteiger partial charge on any atom is -0.367 e. The number of anilines is 1. The molecule has 0 radical (unpaired) electrons. The normalized spacial score (nSPS) is 10.7. The van der Waals surface area contributed by atoms with Gasteiger partial charge in [-0.2, -0.15) is 0 Å². The molecule has 2 N–H and O–H groups in total. The van der Waals surface area contributed by atoms with Crippen molar-refractivity contribution in [1.82, 2.24) is 5.16 Å². The lowest BCUT2D eigenvalue weighted by atomic mass is 10.1. The molecule has 0 fully saturated rings. The number of hydrogen-bond donors (Lipinski definition) is 1. The summed E-state index contributed by atoms with van der Waals surface area (Å²) in [5.74, 6) is 0.326. The van der Waals surface area contributed by atoms with E-state index in [2.05, 4.69) is 5.16 Å². The summed E-state index contributed by atoms with van der Waals surface area (Å²) in [7, 11) is 0. The molecule has 1 aromatic carbocycles. The van der Waals surface area contributed by atoms with E-state index >= 15 is 0 Å². The molecule has 0 aliphatic rings. The molecule has 0 aliphatic heterocycles. The Kier molecular flexibility index (Phi) is 2.81. The van der Waals surface area contributed by atoms with E-state index in [0.717, 1.165) is 21.7 Å². The fraction of sp³-hybridized carbons (Fsp3) is 0. The predicted octanol–water partition coefficient (Wildman–Crippen LogP) is 4.31. The van der Waals surface area contributed by atoms with E-state index in [1.165, 1.54) is 0 Å². The van der Waals surface area contributed by atoms with Crippen molar-refractivity contribution in [2.45, 2.75) is 0 Å². The van der Waals surface area contributed by atoms with Gasteiger partial charge in [0.2, 0.25) is 5.88 Å². The van der Waals surface area contributed by atoms with Crippen molar-refractivity contribution in [3.8, 4) is 21.7 Å². The Morgan fingerprint density at radius 1 is 1.22 bits per heavy atom. The lowest BCUT2D eigenvalue weighted by molar-refractivity contribution is 0.439. The Morgan fingerprint density at radius 3 is 2.83 bits per heavy atom. The summed E-state index contributed by atoms with van der Waals surface area (Å²) >= 11 is 7.59. The summed E-state index contributed by atoms with van der Waals surface area (Å²) in [5.41, 5.74) is 8.29. The van der Waals surface area contributed by atoms with Gasteiger partial charge in [-0.05, 0) is 23.6 Å². The molecule has 2 aromatic heterocycles. The minimum atomic E-state index is 0.326. The van der Waals surface area contributed by atoms with Gasteiger partial charge in [-0.1, -0.05) is 35.0 Å². The van der Waals surface area contributed by atoms with E-state index in [1.807, 2.05) is 41.8 Å². The largest absolute Gasteiger partial charge is 0.367 e. The van der Waals surface area contributed by atoms with E-state index < -0.39 is 0 Å². The second-order valence-electron chi connectivity index (χ2n) is 3.76. The van der Waals surface area contributed by atoms with Gasteiger partial charge in [0, 0.05) is 15.5 Å². The van der Waals surface area contributed by atoms with E-state index in [-0.39, 0.29) is 0 Å². The predicted molar refractivity (Wildman–Crippen MR) is 74.7 cm³/mol. The highest BCUT2D eigenvalue weighted by Gasteiger charge is 2.18. The first kappa shape index (κ1) is 11.3. The van der Waals surface area contributed by atoms with Gasteiger partial charge in [0.05, 0.1) is 5.56 Å². The van der Waals surface area contributed by atoms with Gasteiger partial charge >= 0.3 is 0 Å². The van der Waals surface area contributed by atoms with E-state index in [4.69, 9.17) is 21.9 Å². The number of thiophene rings is 1. The summed E-state index contributed by atoms with van der Waals surface area (Å²) in [4.78, 5) is 1.03. The lowest BCUT2D eigenvalue weighted by Gasteiger charge is -2.00. The van der Waals surface area contributed by atoms with Crippen LogP contribution in [0.2, 0.25) is 5.02 Å². The number of aromatic nitrogens is 1. The third-order valence-electron chi connectivity index (χ3n) is 2.58. The third-order valence-corrected chi connectivity index (χ3v) is 3.71. The Morgan fingerprint density at radius 2 is 2.11 bits per heavy atom. The van der Waals surface area contributed by atoms with Crippen molar-refractivity contribution in [2.24, 2.45) is 0 Å². The maximum atomic E-state index is 5.99. The number of nitrogen functional groups attached to an aromatic ring is 1. The van der Waals surface area contributed by atoms with Crippen molar-refractivity contribution in [1.29, 1.82) is 0 Å². The van der Waals surface area contributed by atoms with Gasteiger partial charge in [-0.25, -0.2) is 0 Å². The van der Waals surface area contributed by atoms with Crippen molar-refractivity contribution >= 4 is 28.8 Å². The molecule has 0 spiro atoms. The Balaban J connectivity index is 2.20. The zero-order valence-corrected chi connectivity index (χ0v) is 10.8. The fourth-order valence-electron chi connectivity index (χ4n) is 1.79. The molecule has 3 rings (SSSR count). The second kappa shape index (κ2) is 4.48. The highest BCUT2D eigenvalue weighted by Crippen LogP contribution is 2.38. The minimum absolute atomic E-state index is 0.326. The van der Waals surface area contributed by atoms with Crippen LogP contribution in [0.25, 0.3) is 21.7 Å². The third kappa shape index (κ3) is 1.89. The molecule has 0 amide bonds. The van der Waals surface area contributed by atoms with Crippen LogP contribution in [0.1, 0.15) is 0 Å². The second-order valence-corrected chi connectivity index (χ2v) is 5.14. The van der Waals surface area contributed by atoms with Gasteiger partial charge in [0.15, 0.2) is 0 Å². The van der Waals surface area contributed by atoms with Crippen molar-refractivity contribution < 1.29 is 4.52 Å². The van der Waals surface area contributed by atoms with Gasteiger partial charge in [-0.3, -0.25) is 0 Å². The standard InChI is InChI=1S/C13H9ClN2OS/c14-9-4-1-3-8(7-9)12-11(13(15)17-16-12)10-5-2-6-18-10/h1-7H,15H2. The van der Waals surface area contributed by atoms with Gasteiger partial charge in [0.1, 0.15) is 5.69 Å². The van der Waals surface area contributed by atoms with Crippen LogP contribution in [0.3, 0.4) is 0 Å². The average Bonchev–Trinajstić information content (AvgIpc) is 2.97. The molecule has 18 heavy (non-hydrogen) atoms. The molecule has 0 aliphatic carbocycles. The summed E-state index contributed by atoms with van der Waals surface area (Å²) in [6, 6.07) is 11.4. The number of hydrogen-bond acceptors (Lipinski definition) is 4. The van der Waals surface area contributed by atoms with Crippen LogP contribution in [0.4, 0.5) is 5.88 Å². The number of nitrogens with zero attached hydrogens (tertiary/aromatic N) is 1. The first-order chi connectivity index (χ1) is 8.75. The Labute approximate surface area is 113 Å². The number of halogens is 1. The summed E-state index contributed by atoms with van der Waals surface area (Å²) in [6.07, 6.45) is 0. The molecule has 3 nitrogen and oxygen atoms in total. The maximum absolute atomic E-state index is 5.99. The monoisotopic (exact) mass is 276 g/mol. The zero-order valence-electron chi connectivity index (χ0n) is 9.26. The molecule has 3 aromatic rings. The van der Waals surface area contributed by atoms with Crippen molar-refractivity contribution in [3.05, 3.63) is 46.8 Å². The lowest BCUT2D eigenvalue weighted by Crippen LogP contribution is -1.85. The Hall–Kier alpha value is -1.78. The highest BCUT2D eigenvalue weighted by atomic mass is 35.5. The van der Waals surface area contributed by atoms with Gasteiger partial charge in [0.25, 0.3) is 0 Å². The van der Waals surface area contributed by atoms with E-state index in [9.17, 15) is 0 Å². The average molecular weight is 277 g/mol. The quantitative estimate of drug-likeness (QED) is 0.759. The fourth-order valence-corrected chi connectivity index (χ4v) is 2.76. The Bertz CT molecular complexity index is 676. The van der Waals surface area contributed by atoms with Crippen molar-refractivity contribution in [2.75, 3.05) is 5.73 Å². The molecule has 0 saturated heterocycles. The van der Waals surface area contributed by atoms with Crippen LogP contribution < -0.4 is 5.73 Å². The smallest absolute Gasteiger partial charge is 0.231 e. The maximum Gasteiger partial charge on any atom is 0.231 e. The number of benzene rings is 1. The number of rotatable bonds is 2. The molecule has 0 atom stereocenters. The molecule has 0 saturated carbocycles. The molecule has 0 bridgehead atoms. The zero-order chi connectivity index (χ0) is 12.5. The molecule has 90 valence electrons. The molecular formula is C13H9ClN2OS. The summed E-state index contributed by atoms with van der Waals surface area (Å²) < 4.78 is 5.11. The van der Waals surface area contributed by atoms with Crippen LogP contribution in [-0.4, -0.2) is 5.16 Å². The van der Waals surface area contributed by atoms with Crippen LogP contribution in [0.15, 0.2) is 46.3 Å². The summed E-state index contributed by atoms with van der Waals surface area (Å²) in [5, 5.41) is 6.68. The van der Waals surface area contributed by atoms with E-state index in [0.29, 0.717) is 10.9 Å². The SMILES string of the molecule is Nc1onc(-c2cccc(Cl)c2)c1-c1cccs1. The summed E-state index contributed by atoms with van der Waals surface area (Å²) in [6.45, 7) is 0. The van der Waals surface area contributed by atoms with Crippen LogP contribution in [0, 0.1) is 0 Å². The first-order valence-electron chi connectivity index (χ1n) is 5.30. The first-order valence-corrected chi connectivity index (χ1v) is 6.56. The topological polar surface area (TPSA) is 52.0 Å². The van der Waals surface area contributed by atoms with Gasteiger partial charge < -0.3 is 10.3 Å². The number of nitrogens with two attached hydrogens (primary N) is 1. The van der Waals surface area contributed by atoms with Crippen LogP contribution >= 0.6 is 22.9 Å². The van der Waals surface area contributed by atoms with Crippen LogP contribution in [0.5, 0.6) is 0 Å². The van der Waals surface area contributed by atoms with Crippen LogP contribution in [-0.2, 0) is 0 Å². The molecule has 5 heteroatoms. The van der Waals surface area contributed by atoms with Crippen molar-refractivity contribution in [3.63, 3.8) is 0 Å². The molecule has 0 unspecified atom stereocenters. The van der Waals surface area contributed by atoms with E-state index in [1.54, 1.807) is 11.3 Å². The molecular weight excluding hydrogens is 268 g/mol. The molecule has 2 heterocycles. The highest BCUT2D eigenvalue weighted by molar-refractivity contribution is 7.13. The van der Waals surface area contributed by atoms with Gasteiger partial charge in [-0.15, -0.1) is 11.3 Å².